The monoisotopic (exact) mass is 190 g/mol. The van der Waals surface area contributed by atoms with Crippen molar-refractivity contribution in [2.24, 2.45) is 4.99 Å². The summed E-state index contributed by atoms with van der Waals surface area (Å²) in [6, 6.07) is 7.47. The first-order valence-corrected chi connectivity index (χ1v) is 4.47. The van der Waals surface area contributed by atoms with Gasteiger partial charge in [-0.1, -0.05) is 18.2 Å². The number of benzene rings is 1. The molecule has 0 heterocycles. The molecule has 0 saturated carbocycles. The lowest BCUT2D eigenvalue weighted by molar-refractivity contribution is 0.302. The van der Waals surface area contributed by atoms with Crippen molar-refractivity contribution in [3.8, 4) is 0 Å². The zero-order valence-corrected chi connectivity index (χ0v) is 7.93. The van der Waals surface area contributed by atoms with Crippen LogP contribution in [-0.4, -0.2) is 17.9 Å². The lowest BCUT2D eigenvalue weighted by atomic mass is 10.2. The first-order chi connectivity index (χ1) is 6.83. The van der Waals surface area contributed by atoms with E-state index in [0.29, 0.717) is 6.42 Å². The van der Waals surface area contributed by atoms with Crippen molar-refractivity contribution >= 4 is 11.9 Å². The van der Waals surface area contributed by atoms with Crippen LogP contribution in [0.4, 0.5) is 5.69 Å². The Morgan fingerprint density at radius 3 is 2.64 bits per heavy atom. The summed E-state index contributed by atoms with van der Waals surface area (Å²) in [5.74, 6) is 0. The SMILES string of the molecule is Nc1ccc(C=N/C=C\CCO)cc1. The normalized spacial score (nSPS) is 11.5. The zero-order chi connectivity index (χ0) is 10.2. The molecule has 0 spiro atoms. The van der Waals surface area contributed by atoms with E-state index in [4.69, 9.17) is 10.8 Å². The second-order valence-electron chi connectivity index (χ2n) is 2.84. The average Bonchev–Trinajstić information content (AvgIpc) is 2.21. The molecular weight excluding hydrogens is 176 g/mol. The summed E-state index contributed by atoms with van der Waals surface area (Å²) in [6.07, 6.45) is 5.87. The molecule has 3 nitrogen and oxygen atoms in total. The molecule has 0 bridgehead atoms. The van der Waals surface area contributed by atoms with Gasteiger partial charge in [0.05, 0.1) is 0 Å². The van der Waals surface area contributed by atoms with Gasteiger partial charge in [-0.15, -0.1) is 0 Å². The van der Waals surface area contributed by atoms with Gasteiger partial charge in [-0.25, -0.2) is 0 Å². The van der Waals surface area contributed by atoms with Crippen LogP contribution in [0.15, 0.2) is 41.5 Å². The molecule has 0 aliphatic carbocycles. The van der Waals surface area contributed by atoms with E-state index in [-0.39, 0.29) is 6.61 Å². The van der Waals surface area contributed by atoms with Crippen LogP contribution in [0.25, 0.3) is 0 Å². The molecule has 0 atom stereocenters. The Hall–Kier alpha value is -1.61. The Labute approximate surface area is 83.6 Å². The Morgan fingerprint density at radius 2 is 2.00 bits per heavy atom. The zero-order valence-electron chi connectivity index (χ0n) is 7.93. The molecule has 0 aliphatic rings. The van der Waals surface area contributed by atoms with E-state index < -0.39 is 0 Å². The van der Waals surface area contributed by atoms with Crippen LogP contribution in [0.1, 0.15) is 12.0 Å². The van der Waals surface area contributed by atoms with E-state index in [9.17, 15) is 0 Å². The number of aliphatic hydroxyl groups excluding tert-OH is 1. The van der Waals surface area contributed by atoms with E-state index in [1.54, 1.807) is 12.4 Å². The first kappa shape index (κ1) is 10.5. The highest BCUT2D eigenvalue weighted by Gasteiger charge is 1.85. The van der Waals surface area contributed by atoms with Gasteiger partial charge in [0.1, 0.15) is 0 Å². The topological polar surface area (TPSA) is 58.6 Å². The second kappa shape index (κ2) is 5.94. The van der Waals surface area contributed by atoms with Crippen molar-refractivity contribution in [1.29, 1.82) is 0 Å². The molecule has 1 aromatic carbocycles. The van der Waals surface area contributed by atoms with Gasteiger partial charge in [-0.2, -0.15) is 0 Å². The maximum atomic E-state index is 8.50. The summed E-state index contributed by atoms with van der Waals surface area (Å²) in [6.45, 7) is 0.161. The summed E-state index contributed by atoms with van der Waals surface area (Å²) in [5.41, 5.74) is 7.29. The van der Waals surface area contributed by atoms with Gasteiger partial charge >= 0.3 is 0 Å². The summed E-state index contributed by atoms with van der Waals surface area (Å²) in [7, 11) is 0. The van der Waals surface area contributed by atoms with Crippen LogP contribution >= 0.6 is 0 Å². The number of hydrogen-bond donors (Lipinski definition) is 2. The van der Waals surface area contributed by atoms with Crippen molar-refractivity contribution in [2.75, 3.05) is 12.3 Å². The van der Waals surface area contributed by atoms with Gasteiger partial charge in [-0.05, 0) is 24.1 Å². The average molecular weight is 190 g/mol. The number of rotatable bonds is 4. The summed E-state index contributed by atoms with van der Waals surface area (Å²) < 4.78 is 0. The number of aliphatic hydroxyl groups is 1. The number of hydrogen-bond acceptors (Lipinski definition) is 3. The van der Waals surface area contributed by atoms with Gasteiger partial charge in [0.2, 0.25) is 0 Å². The second-order valence-corrected chi connectivity index (χ2v) is 2.84. The highest BCUT2D eigenvalue weighted by atomic mass is 16.2. The Morgan fingerprint density at radius 1 is 1.29 bits per heavy atom. The Balaban J connectivity index is 2.47. The van der Waals surface area contributed by atoms with Crippen molar-refractivity contribution in [3.05, 3.63) is 42.1 Å². The molecule has 1 aromatic rings. The minimum atomic E-state index is 0.161. The number of anilines is 1. The number of nitrogens with zero attached hydrogens (tertiary/aromatic N) is 1. The van der Waals surface area contributed by atoms with Crippen molar-refractivity contribution < 1.29 is 5.11 Å². The molecule has 0 aromatic heterocycles. The summed E-state index contributed by atoms with van der Waals surface area (Å²) >= 11 is 0. The molecule has 0 fully saturated rings. The molecule has 74 valence electrons. The van der Waals surface area contributed by atoms with Gasteiger partial charge in [0.25, 0.3) is 0 Å². The minimum absolute atomic E-state index is 0.161. The van der Waals surface area contributed by atoms with Crippen molar-refractivity contribution in [2.45, 2.75) is 6.42 Å². The Kier molecular flexibility index (Phi) is 4.44. The molecular formula is C11H14N2O. The van der Waals surface area contributed by atoms with Gasteiger partial charge in [0, 0.05) is 24.7 Å². The van der Waals surface area contributed by atoms with E-state index in [0.717, 1.165) is 11.3 Å². The minimum Gasteiger partial charge on any atom is -0.399 e. The molecule has 3 N–H and O–H groups in total. The molecule has 0 radical (unpaired) electrons. The lowest BCUT2D eigenvalue weighted by Crippen LogP contribution is -1.85. The largest absolute Gasteiger partial charge is 0.399 e. The standard InChI is InChI=1S/C11H14N2O/c12-11-5-3-10(4-6-11)9-13-7-1-2-8-14/h1,3-7,9,14H,2,8,12H2/b7-1-,13-9?. The van der Waals surface area contributed by atoms with Gasteiger partial charge < -0.3 is 10.8 Å². The third-order valence-electron chi connectivity index (χ3n) is 1.65. The fourth-order valence-corrected chi connectivity index (χ4v) is 0.921. The Bertz CT molecular complexity index is 315. The van der Waals surface area contributed by atoms with Crippen LogP contribution in [0.5, 0.6) is 0 Å². The van der Waals surface area contributed by atoms with Gasteiger partial charge in [0.15, 0.2) is 0 Å². The molecule has 1 rings (SSSR count). The highest BCUT2D eigenvalue weighted by molar-refractivity contribution is 5.80. The number of nitrogens with two attached hydrogens (primary N) is 1. The summed E-state index contributed by atoms with van der Waals surface area (Å²) in [5, 5.41) is 8.50. The maximum Gasteiger partial charge on any atom is 0.0466 e. The van der Waals surface area contributed by atoms with E-state index >= 15 is 0 Å². The highest BCUT2D eigenvalue weighted by Crippen LogP contribution is 2.02. The lowest BCUT2D eigenvalue weighted by Gasteiger charge is -1.92. The van der Waals surface area contributed by atoms with Crippen LogP contribution in [0.3, 0.4) is 0 Å². The smallest absolute Gasteiger partial charge is 0.0466 e. The fourth-order valence-electron chi connectivity index (χ4n) is 0.921. The fraction of sp³-hybridized carbons (Fsp3) is 0.182. The predicted octanol–water partition coefficient (Wildman–Crippen LogP) is 1.58. The molecule has 0 aliphatic heterocycles. The third kappa shape index (κ3) is 3.87. The van der Waals surface area contributed by atoms with Crippen LogP contribution in [0.2, 0.25) is 0 Å². The predicted molar refractivity (Wildman–Crippen MR) is 59.3 cm³/mol. The van der Waals surface area contributed by atoms with Crippen molar-refractivity contribution in [3.63, 3.8) is 0 Å². The number of nitrogen functional groups attached to an aromatic ring is 1. The first-order valence-electron chi connectivity index (χ1n) is 4.47. The quantitative estimate of drug-likeness (QED) is 0.559. The summed E-state index contributed by atoms with van der Waals surface area (Å²) in [4.78, 5) is 4.05. The van der Waals surface area contributed by atoms with Crippen LogP contribution < -0.4 is 5.73 Å². The number of aliphatic imine (C=N–C) groups is 1. The maximum absolute atomic E-state index is 8.50. The van der Waals surface area contributed by atoms with E-state index in [2.05, 4.69) is 4.99 Å². The molecule has 3 heteroatoms. The van der Waals surface area contributed by atoms with E-state index in [1.165, 1.54) is 0 Å². The van der Waals surface area contributed by atoms with Crippen LogP contribution in [-0.2, 0) is 0 Å². The molecule has 0 saturated heterocycles. The molecule has 14 heavy (non-hydrogen) atoms. The van der Waals surface area contributed by atoms with E-state index in [1.807, 2.05) is 30.3 Å². The van der Waals surface area contributed by atoms with Crippen molar-refractivity contribution in [1.82, 2.24) is 0 Å². The third-order valence-corrected chi connectivity index (χ3v) is 1.65. The van der Waals surface area contributed by atoms with Crippen LogP contribution in [0, 0.1) is 0 Å². The molecule has 0 amide bonds. The van der Waals surface area contributed by atoms with Gasteiger partial charge in [-0.3, -0.25) is 4.99 Å². The molecule has 0 unspecified atom stereocenters.